The molecule has 0 bridgehead atoms. The van der Waals surface area contributed by atoms with Crippen LogP contribution in [0.5, 0.6) is 0 Å². The number of carbonyl (C=O) groups excluding carboxylic acids is 2. The van der Waals surface area contributed by atoms with Gasteiger partial charge < -0.3 is 16.4 Å². The summed E-state index contributed by atoms with van der Waals surface area (Å²) in [6.45, 7) is 3.03. The van der Waals surface area contributed by atoms with Crippen molar-refractivity contribution in [2.24, 2.45) is 5.73 Å². The minimum Gasteiger partial charge on any atom is -0.352 e. The first-order valence-electron chi connectivity index (χ1n) is 8.54. The third-order valence-corrected chi connectivity index (χ3v) is 3.85. The summed E-state index contributed by atoms with van der Waals surface area (Å²) in [5.41, 5.74) is 8.48. The van der Waals surface area contributed by atoms with Gasteiger partial charge in [0, 0.05) is 31.1 Å². The van der Waals surface area contributed by atoms with Crippen molar-refractivity contribution in [3.63, 3.8) is 0 Å². The molecule has 2 aromatic rings. The van der Waals surface area contributed by atoms with Gasteiger partial charge in [-0.25, -0.2) is 0 Å². The normalized spacial score (nSPS) is 11.2. The minimum absolute atomic E-state index is 0. The number of hydrogen-bond acceptors (Lipinski definition) is 3. The number of benzene rings is 2. The molecule has 1 unspecified atom stereocenters. The second-order valence-electron chi connectivity index (χ2n) is 5.95. The van der Waals surface area contributed by atoms with Crippen LogP contribution >= 0.6 is 12.4 Å². The molecule has 26 heavy (non-hydrogen) atoms. The predicted octanol–water partition coefficient (Wildman–Crippen LogP) is 2.95. The zero-order chi connectivity index (χ0) is 18.1. The zero-order valence-corrected chi connectivity index (χ0v) is 15.7. The lowest BCUT2D eigenvalue weighted by atomic mass is 10.0. The van der Waals surface area contributed by atoms with Gasteiger partial charge >= 0.3 is 0 Å². The molecule has 0 saturated carbocycles. The van der Waals surface area contributed by atoms with Crippen LogP contribution in [-0.2, 0) is 11.3 Å². The molecule has 0 aliphatic rings. The fourth-order valence-electron chi connectivity index (χ4n) is 2.45. The molecule has 2 amide bonds. The molecule has 140 valence electrons. The van der Waals surface area contributed by atoms with E-state index in [1.54, 1.807) is 12.1 Å². The standard InChI is InChI=1S/C20H25N3O2.ClH/c1-2-11-22-20(25)17-10-6-7-15(12-17)14-23-19(24)13-18(21)16-8-4-3-5-9-16;/h3-10,12,18H,2,11,13-14,21H2,1H3,(H,22,25)(H,23,24);1H. The monoisotopic (exact) mass is 375 g/mol. The molecule has 0 heterocycles. The summed E-state index contributed by atoms with van der Waals surface area (Å²) in [6.07, 6.45) is 1.11. The lowest BCUT2D eigenvalue weighted by Crippen LogP contribution is -2.27. The van der Waals surface area contributed by atoms with Gasteiger partial charge in [0.15, 0.2) is 0 Å². The number of halogens is 1. The van der Waals surface area contributed by atoms with Crippen LogP contribution in [-0.4, -0.2) is 18.4 Å². The number of hydrogen-bond donors (Lipinski definition) is 3. The van der Waals surface area contributed by atoms with Crippen LogP contribution in [0.3, 0.4) is 0 Å². The summed E-state index contributed by atoms with van der Waals surface area (Å²) in [6, 6.07) is 16.5. The van der Waals surface area contributed by atoms with E-state index in [0.29, 0.717) is 18.7 Å². The van der Waals surface area contributed by atoms with E-state index in [9.17, 15) is 9.59 Å². The molecule has 0 fully saturated rings. The zero-order valence-electron chi connectivity index (χ0n) is 14.9. The maximum atomic E-state index is 12.1. The SMILES string of the molecule is CCCNC(=O)c1cccc(CNC(=O)CC(N)c2ccccc2)c1.Cl. The molecule has 1 atom stereocenters. The number of rotatable bonds is 8. The maximum absolute atomic E-state index is 12.1. The lowest BCUT2D eigenvalue weighted by molar-refractivity contribution is -0.121. The molecule has 2 aromatic carbocycles. The van der Waals surface area contributed by atoms with E-state index in [-0.39, 0.29) is 36.7 Å². The molecule has 0 spiro atoms. The summed E-state index contributed by atoms with van der Waals surface area (Å²) in [5.74, 6) is -0.210. The van der Waals surface area contributed by atoms with Crippen LogP contribution in [0.4, 0.5) is 0 Å². The fraction of sp³-hybridized carbons (Fsp3) is 0.300. The molecule has 0 aliphatic heterocycles. The second kappa shape index (κ2) is 11.3. The van der Waals surface area contributed by atoms with Gasteiger partial charge in [-0.1, -0.05) is 49.4 Å². The molecule has 2 rings (SSSR count). The Labute approximate surface area is 160 Å². The molecule has 0 aliphatic carbocycles. The van der Waals surface area contributed by atoms with Crippen molar-refractivity contribution in [1.29, 1.82) is 0 Å². The molecular weight excluding hydrogens is 350 g/mol. The molecular formula is C20H26ClN3O2. The Hall–Kier alpha value is -2.37. The predicted molar refractivity (Wildman–Crippen MR) is 106 cm³/mol. The Kier molecular flexibility index (Phi) is 9.41. The third-order valence-electron chi connectivity index (χ3n) is 3.85. The van der Waals surface area contributed by atoms with E-state index < -0.39 is 0 Å². The van der Waals surface area contributed by atoms with Crippen molar-refractivity contribution in [1.82, 2.24) is 10.6 Å². The van der Waals surface area contributed by atoms with Gasteiger partial charge in [0.25, 0.3) is 5.91 Å². The Morgan fingerprint density at radius 1 is 1.04 bits per heavy atom. The molecule has 5 nitrogen and oxygen atoms in total. The largest absolute Gasteiger partial charge is 0.352 e. The second-order valence-corrected chi connectivity index (χ2v) is 5.95. The van der Waals surface area contributed by atoms with Gasteiger partial charge in [-0.2, -0.15) is 0 Å². The van der Waals surface area contributed by atoms with Crippen LogP contribution in [0.25, 0.3) is 0 Å². The summed E-state index contributed by atoms with van der Waals surface area (Å²) < 4.78 is 0. The first-order chi connectivity index (χ1) is 12.1. The minimum atomic E-state index is -0.327. The first-order valence-corrected chi connectivity index (χ1v) is 8.54. The highest BCUT2D eigenvalue weighted by atomic mass is 35.5. The first kappa shape index (κ1) is 21.7. The number of nitrogens with two attached hydrogens (primary N) is 1. The molecule has 4 N–H and O–H groups in total. The van der Waals surface area contributed by atoms with E-state index >= 15 is 0 Å². The Morgan fingerprint density at radius 2 is 1.77 bits per heavy atom. The Balaban J connectivity index is 0.00000338. The van der Waals surface area contributed by atoms with Crippen molar-refractivity contribution in [2.75, 3.05) is 6.54 Å². The van der Waals surface area contributed by atoms with Gasteiger partial charge in [-0.05, 0) is 29.7 Å². The van der Waals surface area contributed by atoms with E-state index in [0.717, 1.165) is 17.5 Å². The molecule has 0 radical (unpaired) electrons. The molecule has 0 saturated heterocycles. The summed E-state index contributed by atoms with van der Waals surface area (Å²) in [5, 5.41) is 5.70. The van der Waals surface area contributed by atoms with Crippen molar-refractivity contribution in [2.45, 2.75) is 32.4 Å². The quantitative estimate of drug-likeness (QED) is 0.663. The highest BCUT2D eigenvalue weighted by molar-refractivity contribution is 5.94. The van der Waals surface area contributed by atoms with E-state index in [4.69, 9.17) is 5.73 Å². The van der Waals surface area contributed by atoms with Crippen LogP contribution in [0.2, 0.25) is 0 Å². The van der Waals surface area contributed by atoms with Gasteiger partial charge in [0.05, 0.1) is 0 Å². The van der Waals surface area contributed by atoms with Crippen molar-refractivity contribution < 1.29 is 9.59 Å². The Bertz CT molecular complexity index is 707. The average molecular weight is 376 g/mol. The van der Waals surface area contributed by atoms with Crippen LogP contribution in [0, 0.1) is 0 Å². The highest BCUT2D eigenvalue weighted by Crippen LogP contribution is 2.13. The van der Waals surface area contributed by atoms with Gasteiger partial charge in [-0.15, -0.1) is 12.4 Å². The van der Waals surface area contributed by atoms with Crippen molar-refractivity contribution in [3.8, 4) is 0 Å². The fourth-order valence-corrected chi connectivity index (χ4v) is 2.45. The summed E-state index contributed by atoms with van der Waals surface area (Å²) in [7, 11) is 0. The van der Waals surface area contributed by atoms with E-state index in [2.05, 4.69) is 10.6 Å². The van der Waals surface area contributed by atoms with Gasteiger partial charge in [-0.3, -0.25) is 9.59 Å². The lowest BCUT2D eigenvalue weighted by Gasteiger charge is -2.12. The molecule has 0 aromatic heterocycles. The third kappa shape index (κ3) is 6.86. The summed E-state index contributed by atoms with van der Waals surface area (Å²) >= 11 is 0. The smallest absolute Gasteiger partial charge is 0.251 e. The molecule has 6 heteroatoms. The van der Waals surface area contributed by atoms with Crippen LogP contribution < -0.4 is 16.4 Å². The maximum Gasteiger partial charge on any atom is 0.251 e. The van der Waals surface area contributed by atoms with E-state index in [1.165, 1.54) is 0 Å². The Morgan fingerprint density at radius 3 is 2.46 bits per heavy atom. The van der Waals surface area contributed by atoms with Crippen molar-refractivity contribution >= 4 is 24.2 Å². The number of amides is 2. The number of nitrogens with one attached hydrogen (secondary N) is 2. The topological polar surface area (TPSA) is 84.2 Å². The van der Waals surface area contributed by atoms with Crippen molar-refractivity contribution in [3.05, 3.63) is 71.3 Å². The summed E-state index contributed by atoms with van der Waals surface area (Å²) in [4.78, 5) is 24.1. The average Bonchev–Trinajstić information content (AvgIpc) is 2.65. The number of carbonyl (C=O) groups is 2. The highest BCUT2D eigenvalue weighted by Gasteiger charge is 2.11. The van der Waals surface area contributed by atoms with Gasteiger partial charge in [0.2, 0.25) is 5.91 Å². The van der Waals surface area contributed by atoms with Crippen LogP contribution in [0.15, 0.2) is 54.6 Å². The van der Waals surface area contributed by atoms with Crippen LogP contribution in [0.1, 0.15) is 47.3 Å². The van der Waals surface area contributed by atoms with E-state index in [1.807, 2.05) is 49.4 Å². The van der Waals surface area contributed by atoms with Gasteiger partial charge in [0.1, 0.15) is 0 Å².